The van der Waals surface area contributed by atoms with Gasteiger partial charge in [0.25, 0.3) is 0 Å². The van der Waals surface area contributed by atoms with Crippen molar-refractivity contribution in [1.82, 2.24) is 4.90 Å². The minimum atomic E-state index is 0.524. The van der Waals surface area contributed by atoms with Gasteiger partial charge in [-0.05, 0) is 20.5 Å². The van der Waals surface area contributed by atoms with Gasteiger partial charge < -0.3 is 4.90 Å². The van der Waals surface area contributed by atoms with E-state index in [9.17, 15) is 0 Å². The predicted octanol–water partition coefficient (Wildman–Crippen LogP) is 0.820. The number of nitrogens with zero attached hydrogens (tertiary/aromatic N) is 1. The van der Waals surface area contributed by atoms with Gasteiger partial charge in [-0.2, -0.15) is 0 Å². The Labute approximate surface area is 68.2 Å². The molecule has 0 radical (unpaired) electrons. The first-order chi connectivity index (χ1) is 4.50. The zero-order valence-electron chi connectivity index (χ0n) is 8.07. The fraction of sp³-hybridized carbons (Fsp3) is 1.00. The van der Waals surface area contributed by atoms with Crippen LogP contribution in [0.15, 0.2) is 0 Å². The Morgan fingerprint density at radius 2 is 1.90 bits per heavy atom. The van der Waals surface area contributed by atoms with Crippen molar-refractivity contribution >= 4 is 10.2 Å². The van der Waals surface area contributed by atoms with Gasteiger partial charge in [-0.15, -0.1) is 0 Å². The molecule has 0 aromatic heterocycles. The van der Waals surface area contributed by atoms with E-state index in [1.807, 2.05) is 0 Å². The van der Waals surface area contributed by atoms with Gasteiger partial charge in [0.1, 0.15) is 0 Å². The van der Waals surface area contributed by atoms with E-state index < -0.39 is 0 Å². The molecule has 0 rings (SSSR count). The van der Waals surface area contributed by atoms with E-state index in [-0.39, 0.29) is 0 Å². The van der Waals surface area contributed by atoms with Crippen LogP contribution in [0.3, 0.4) is 0 Å². The Hall–Kier alpha value is 0.177. The largest absolute Gasteiger partial charge is 0.308 e. The van der Waals surface area contributed by atoms with E-state index in [4.69, 9.17) is 0 Å². The third kappa shape index (κ3) is 3.37. The fourth-order valence-electron chi connectivity index (χ4n) is 0.833. The van der Waals surface area contributed by atoms with E-state index in [1.54, 1.807) is 0 Å². The summed E-state index contributed by atoms with van der Waals surface area (Å²) in [5, 5.41) is 0.524. The van der Waals surface area contributed by atoms with Crippen LogP contribution in [-0.2, 0) is 0 Å². The quantitative estimate of drug-likeness (QED) is 0.549. The van der Waals surface area contributed by atoms with E-state index in [0.29, 0.717) is 5.16 Å². The average molecular weight is 159 g/mol. The molecule has 1 atom stereocenters. The molecule has 0 amide bonds. The Bertz CT molecular complexity index is 89.3. The van der Waals surface area contributed by atoms with Gasteiger partial charge in [0, 0.05) is 15.4 Å². The van der Waals surface area contributed by atoms with Gasteiger partial charge in [-0.25, -0.2) is 0 Å². The molecular formula is C8H21NSi. The van der Waals surface area contributed by atoms with Crippen molar-refractivity contribution in [2.45, 2.75) is 38.3 Å². The molecule has 10 heavy (non-hydrogen) atoms. The number of hydrogen-bond donors (Lipinski definition) is 0. The molecule has 0 aliphatic carbocycles. The van der Waals surface area contributed by atoms with Gasteiger partial charge in [-0.3, -0.25) is 0 Å². The highest BCUT2D eigenvalue weighted by molar-refractivity contribution is 6.14. The van der Waals surface area contributed by atoms with Gasteiger partial charge in [-0.1, -0.05) is 26.7 Å². The third-order valence-corrected chi connectivity index (χ3v) is 3.75. The maximum atomic E-state index is 2.36. The van der Waals surface area contributed by atoms with Gasteiger partial charge in [0.15, 0.2) is 0 Å². The predicted molar refractivity (Wildman–Crippen MR) is 51.6 cm³/mol. The molecule has 0 spiro atoms. The molecule has 2 heteroatoms. The Morgan fingerprint density at radius 3 is 2.20 bits per heavy atom. The molecule has 0 bridgehead atoms. The lowest BCUT2D eigenvalue weighted by atomic mass is 10.1. The number of rotatable bonds is 4. The summed E-state index contributed by atoms with van der Waals surface area (Å²) in [4.78, 5) is 2.36. The van der Waals surface area contributed by atoms with E-state index in [1.165, 1.54) is 29.5 Å². The second kappa shape index (κ2) is 4.14. The van der Waals surface area contributed by atoms with Crippen LogP contribution < -0.4 is 0 Å². The molecule has 0 aromatic carbocycles. The highest BCUT2D eigenvalue weighted by atomic mass is 28.1. The van der Waals surface area contributed by atoms with Crippen molar-refractivity contribution in [2.75, 3.05) is 14.1 Å². The van der Waals surface area contributed by atoms with Crippen LogP contribution in [0, 0.1) is 0 Å². The molecule has 0 heterocycles. The Morgan fingerprint density at radius 1 is 1.40 bits per heavy atom. The lowest BCUT2D eigenvalue weighted by molar-refractivity contribution is 0.248. The molecule has 0 fully saturated rings. The van der Waals surface area contributed by atoms with Crippen LogP contribution in [0.25, 0.3) is 0 Å². The zero-order chi connectivity index (χ0) is 8.20. The lowest BCUT2D eigenvalue weighted by Crippen LogP contribution is -2.41. The molecule has 0 aromatic rings. The SMILES string of the molecule is CCCCC(C)([SiH3])N(C)C. The smallest absolute Gasteiger partial charge is 0.0280 e. The minimum absolute atomic E-state index is 0.524. The zero-order valence-corrected chi connectivity index (χ0v) is 10.1. The first kappa shape index (κ1) is 10.2. The summed E-state index contributed by atoms with van der Waals surface area (Å²) in [6.07, 6.45) is 4.06. The topological polar surface area (TPSA) is 3.24 Å². The Balaban J connectivity index is 3.63. The van der Waals surface area contributed by atoms with Crippen LogP contribution in [-0.4, -0.2) is 34.4 Å². The summed E-state index contributed by atoms with van der Waals surface area (Å²) >= 11 is 0. The monoisotopic (exact) mass is 159 g/mol. The van der Waals surface area contributed by atoms with Crippen molar-refractivity contribution in [3.8, 4) is 0 Å². The molecule has 0 saturated carbocycles. The van der Waals surface area contributed by atoms with Crippen molar-refractivity contribution in [3.05, 3.63) is 0 Å². The molecule has 0 aliphatic heterocycles. The first-order valence-corrected chi connectivity index (χ1v) is 5.18. The van der Waals surface area contributed by atoms with Crippen molar-refractivity contribution < 1.29 is 0 Å². The molecule has 1 nitrogen and oxygen atoms in total. The highest BCUT2D eigenvalue weighted by Crippen LogP contribution is 2.14. The summed E-state index contributed by atoms with van der Waals surface area (Å²) < 4.78 is 0. The summed E-state index contributed by atoms with van der Waals surface area (Å²) in [6.45, 7) is 4.61. The average Bonchev–Trinajstić information content (AvgIpc) is 1.84. The molecule has 0 N–H and O–H groups in total. The van der Waals surface area contributed by atoms with Gasteiger partial charge in [0.05, 0.1) is 0 Å². The minimum Gasteiger partial charge on any atom is -0.308 e. The summed E-state index contributed by atoms with van der Waals surface area (Å²) in [7, 11) is 5.64. The second-order valence-electron chi connectivity index (χ2n) is 3.81. The van der Waals surface area contributed by atoms with E-state index >= 15 is 0 Å². The summed E-state index contributed by atoms with van der Waals surface area (Å²) in [5.74, 6) is 0. The van der Waals surface area contributed by atoms with Crippen LogP contribution in [0.4, 0.5) is 0 Å². The maximum Gasteiger partial charge on any atom is 0.0280 e. The van der Waals surface area contributed by atoms with Crippen LogP contribution >= 0.6 is 0 Å². The first-order valence-electron chi connectivity index (χ1n) is 4.18. The van der Waals surface area contributed by atoms with E-state index in [2.05, 4.69) is 32.8 Å². The van der Waals surface area contributed by atoms with Crippen molar-refractivity contribution in [1.29, 1.82) is 0 Å². The third-order valence-electron chi connectivity index (χ3n) is 2.35. The molecule has 1 unspecified atom stereocenters. The van der Waals surface area contributed by atoms with E-state index in [0.717, 1.165) is 0 Å². The number of hydrogen-bond acceptors (Lipinski definition) is 1. The van der Waals surface area contributed by atoms with Crippen LogP contribution in [0.2, 0.25) is 0 Å². The molecule has 0 aliphatic rings. The standard InChI is InChI=1S/C8H21NSi/c1-5-6-7-8(2,10)9(3)4/h5-7H2,1-4,10H3. The van der Waals surface area contributed by atoms with Crippen LogP contribution in [0.1, 0.15) is 33.1 Å². The number of unbranched alkanes of at least 4 members (excludes halogenated alkanes) is 1. The van der Waals surface area contributed by atoms with Crippen molar-refractivity contribution in [2.24, 2.45) is 0 Å². The highest BCUT2D eigenvalue weighted by Gasteiger charge is 2.18. The van der Waals surface area contributed by atoms with Crippen LogP contribution in [0.5, 0.6) is 0 Å². The van der Waals surface area contributed by atoms with Crippen molar-refractivity contribution in [3.63, 3.8) is 0 Å². The Kier molecular flexibility index (Phi) is 4.21. The summed E-state index contributed by atoms with van der Waals surface area (Å²) in [6, 6.07) is 0. The summed E-state index contributed by atoms with van der Waals surface area (Å²) in [5.41, 5.74) is 0. The molecule has 0 saturated heterocycles. The normalized spacial score (nSPS) is 17.7. The maximum absolute atomic E-state index is 2.36. The molecular weight excluding hydrogens is 138 g/mol. The molecule has 62 valence electrons. The fourth-order valence-corrected chi connectivity index (χ4v) is 1.19. The van der Waals surface area contributed by atoms with Gasteiger partial charge >= 0.3 is 0 Å². The lowest BCUT2D eigenvalue weighted by Gasteiger charge is -2.32. The second-order valence-corrected chi connectivity index (χ2v) is 5.96. The van der Waals surface area contributed by atoms with Gasteiger partial charge in [0.2, 0.25) is 0 Å².